The molecule has 0 atom stereocenters. The van der Waals surface area contributed by atoms with Crippen molar-refractivity contribution in [3.8, 4) is 22.4 Å². The maximum atomic E-state index is 13.4. The third kappa shape index (κ3) is 5.27. The molecule has 2 aromatic carbocycles. The highest BCUT2D eigenvalue weighted by molar-refractivity contribution is 6.31. The molecule has 6 rings (SSSR count). The van der Waals surface area contributed by atoms with Gasteiger partial charge in [-0.15, -0.1) is 0 Å². The van der Waals surface area contributed by atoms with E-state index in [0.717, 1.165) is 45.0 Å². The van der Waals surface area contributed by atoms with E-state index in [2.05, 4.69) is 20.1 Å². The highest BCUT2D eigenvalue weighted by Gasteiger charge is 2.33. The van der Waals surface area contributed by atoms with Gasteiger partial charge in [0.15, 0.2) is 5.52 Å². The number of hydrogen-bond acceptors (Lipinski definition) is 8. The monoisotopic (exact) mass is 587 g/mol. The Kier molecular flexibility index (Phi) is 7.48. The fourth-order valence-electron chi connectivity index (χ4n) is 5.90. The standard InChI is InChI=1S/C31H34ClN7O3/c1-19-26(20(2)42-36-19)23-8-9-24(25(32)14-23)16-38-12-10-31(41,11-13-38)17-39-18-34-27-28(30(39)40)35-37(3)29(27)22-6-4-21(15-33)5-7-22/h4-9,14,18,41H,10-13,15-17,33H2,1-3H3. The molecule has 0 bridgehead atoms. The van der Waals surface area contributed by atoms with Crippen LogP contribution in [-0.4, -0.2) is 53.2 Å². The molecule has 218 valence electrons. The van der Waals surface area contributed by atoms with Gasteiger partial charge in [0.1, 0.15) is 11.3 Å². The predicted molar refractivity (Wildman–Crippen MR) is 162 cm³/mol. The van der Waals surface area contributed by atoms with Crippen LogP contribution in [0.1, 0.15) is 35.4 Å². The van der Waals surface area contributed by atoms with Crippen LogP contribution in [0.25, 0.3) is 33.4 Å². The molecule has 1 saturated heterocycles. The maximum absolute atomic E-state index is 13.4. The summed E-state index contributed by atoms with van der Waals surface area (Å²) in [6.07, 6.45) is 2.56. The number of halogens is 1. The average molecular weight is 588 g/mol. The van der Waals surface area contributed by atoms with Crippen LogP contribution in [0.15, 0.2) is 58.1 Å². The summed E-state index contributed by atoms with van der Waals surface area (Å²) in [5, 5.41) is 20.7. The van der Waals surface area contributed by atoms with Crippen LogP contribution in [0.4, 0.5) is 0 Å². The predicted octanol–water partition coefficient (Wildman–Crippen LogP) is 4.21. The lowest BCUT2D eigenvalue weighted by Crippen LogP contribution is -2.47. The van der Waals surface area contributed by atoms with Gasteiger partial charge in [0.25, 0.3) is 5.56 Å². The second-order valence-electron chi connectivity index (χ2n) is 11.3. The molecule has 4 heterocycles. The van der Waals surface area contributed by atoms with Crippen molar-refractivity contribution >= 4 is 22.6 Å². The molecule has 42 heavy (non-hydrogen) atoms. The molecule has 1 fully saturated rings. The van der Waals surface area contributed by atoms with Crippen molar-refractivity contribution in [3.05, 3.63) is 86.7 Å². The molecule has 0 saturated carbocycles. The summed E-state index contributed by atoms with van der Waals surface area (Å²) in [7, 11) is 1.80. The Morgan fingerprint density at radius 1 is 1.07 bits per heavy atom. The first-order valence-corrected chi connectivity index (χ1v) is 14.4. The summed E-state index contributed by atoms with van der Waals surface area (Å²) < 4.78 is 8.47. The lowest BCUT2D eigenvalue weighted by molar-refractivity contribution is -0.0364. The zero-order valence-electron chi connectivity index (χ0n) is 24.0. The number of fused-ring (bicyclic) bond motifs is 1. The Hall–Kier alpha value is -3.83. The van der Waals surface area contributed by atoms with Crippen LogP contribution in [0.3, 0.4) is 0 Å². The summed E-state index contributed by atoms with van der Waals surface area (Å²) >= 11 is 6.68. The van der Waals surface area contributed by atoms with Crippen LogP contribution >= 0.6 is 11.6 Å². The maximum Gasteiger partial charge on any atom is 0.281 e. The van der Waals surface area contributed by atoms with Gasteiger partial charge in [0, 0.05) is 49.4 Å². The van der Waals surface area contributed by atoms with Crippen molar-refractivity contribution in [2.45, 2.75) is 51.9 Å². The molecule has 10 nitrogen and oxygen atoms in total. The first-order valence-electron chi connectivity index (χ1n) is 14.0. The van der Waals surface area contributed by atoms with E-state index in [1.54, 1.807) is 11.7 Å². The van der Waals surface area contributed by atoms with Crippen LogP contribution in [0.5, 0.6) is 0 Å². The summed E-state index contributed by atoms with van der Waals surface area (Å²) in [5.41, 5.74) is 11.8. The molecular weight excluding hydrogens is 554 g/mol. The van der Waals surface area contributed by atoms with Gasteiger partial charge < -0.3 is 15.4 Å². The molecule has 0 amide bonds. The smallest absolute Gasteiger partial charge is 0.281 e. The number of likely N-dealkylation sites (tertiary alicyclic amines) is 1. The second kappa shape index (κ2) is 11.1. The van der Waals surface area contributed by atoms with E-state index in [1.165, 1.54) is 10.9 Å². The highest BCUT2D eigenvalue weighted by atomic mass is 35.5. The van der Waals surface area contributed by atoms with Gasteiger partial charge in [0.05, 0.1) is 29.9 Å². The number of nitrogens with two attached hydrogens (primary N) is 1. The van der Waals surface area contributed by atoms with E-state index in [1.807, 2.05) is 56.3 Å². The Balaban J connectivity index is 1.14. The Morgan fingerprint density at radius 3 is 2.43 bits per heavy atom. The van der Waals surface area contributed by atoms with Crippen molar-refractivity contribution in [1.82, 2.24) is 29.4 Å². The molecule has 3 N–H and O–H groups in total. The minimum Gasteiger partial charge on any atom is -0.388 e. The first-order chi connectivity index (χ1) is 20.2. The third-order valence-corrected chi connectivity index (χ3v) is 8.65. The molecule has 0 radical (unpaired) electrons. The van der Waals surface area contributed by atoms with Crippen molar-refractivity contribution < 1.29 is 9.63 Å². The minimum atomic E-state index is -1.03. The SMILES string of the molecule is Cc1noc(C)c1-c1ccc(CN2CCC(O)(Cn3cnc4c(-c5ccc(CN)cc5)n(C)nc4c3=O)CC2)c(Cl)c1. The van der Waals surface area contributed by atoms with Gasteiger partial charge in [-0.1, -0.05) is 53.2 Å². The second-order valence-corrected chi connectivity index (χ2v) is 11.7. The van der Waals surface area contributed by atoms with E-state index < -0.39 is 5.60 Å². The summed E-state index contributed by atoms with van der Waals surface area (Å²) in [4.78, 5) is 20.3. The van der Waals surface area contributed by atoms with E-state index in [9.17, 15) is 9.90 Å². The number of nitrogens with zero attached hydrogens (tertiary/aromatic N) is 6. The summed E-state index contributed by atoms with van der Waals surface area (Å²) in [6, 6.07) is 13.9. The van der Waals surface area contributed by atoms with Gasteiger partial charge in [-0.05, 0) is 49.4 Å². The summed E-state index contributed by atoms with van der Waals surface area (Å²) in [6.45, 7) is 6.46. The molecule has 11 heteroatoms. The van der Waals surface area contributed by atoms with Crippen molar-refractivity contribution in [2.24, 2.45) is 12.8 Å². The molecule has 5 aromatic rings. The minimum absolute atomic E-state index is 0.159. The number of aliphatic hydroxyl groups is 1. The van der Waals surface area contributed by atoms with E-state index >= 15 is 0 Å². The average Bonchev–Trinajstić information content (AvgIpc) is 3.50. The van der Waals surface area contributed by atoms with Crippen molar-refractivity contribution in [1.29, 1.82) is 0 Å². The highest BCUT2D eigenvalue weighted by Crippen LogP contribution is 2.32. The van der Waals surface area contributed by atoms with Gasteiger partial charge in [-0.3, -0.25) is 18.9 Å². The molecule has 0 spiro atoms. The Labute approximate surface area is 248 Å². The summed E-state index contributed by atoms with van der Waals surface area (Å²) in [5.74, 6) is 0.765. The number of aromatic nitrogens is 5. The molecule has 0 aliphatic carbocycles. The number of piperidine rings is 1. The van der Waals surface area contributed by atoms with Crippen LogP contribution in [0, 0.1) is 13.8 Å². The van der Waals surface area contributed by atoms with Gasteiger partial charge in [-0.2, -0.15) is 5.10 Å². The Bertz CT molecular complexity index is 1800. The number of aryl methyl sites for hydroxylation is 3. The van der Waals surface area contributed by atoms with Crippen molar-refractivity contribution in [2.75, 3.05) is 13.1 Å². The fraction of sp³-hybridized carbons (Fsp3) is 0.355. The fourth-order valence-corrected chi connectivity index (χ4v) is 6.14. The largest absolute Gasteiger partial charge is 0.388 e. The van der Waals surface area contributed by atoms with Crippen LogP contribution < -0.4 is 11.3 Å². The zero-order valence-corrected chi connectivity index (χ0v) is 24.7. The quantitative estimate of drug-likeness (QED) is 0.290. The van der Waals surface area contributed by atoms with Crippen LogP contribution in [-0.2, 0) is 26.7 Å². The van der Waals surface area contributed by atoms with Gasteiger partial charge in [-0.25, -0.2) is 4.98 Å². The molecule has 3 aromatic heterocycles. The topological polar surface area (TPSA) is 128 Å². The van der Waals surface area contributed by atoms with E-state index in [0.29, 0.717) is 49.6 Å². The number of hydrogen-bond donors (Lipinski definition) is 2. The molecular formula is C31H34ClN7O3. The van der Waals surface area contributed by atoms with Crippen LogP contribution in [0.2, 0.25) is 5.02 Å². The van der Waals surface area contributed by atoms with E-state index in [-0.39, 0.29) is 17.6 Å². The first kappa shape index (κ1) is 28.3. The lowest BCUT2D eigenvalue weighted by atomic mass is 9.91. The molecule has 1 aliphatic rings. The lowest BCUT2D eigenvalue weighted by Gasteiger charge is -2.38. The third-order valence-electron chi connectivity index (χ3n) is 8.30. The Morgan fingerprint density at radius 2 is 1.79 bits per heavy atom. The van der Waals surface area contributed by atoms with E-state index in [4.69, 9.17) is 21.9 Å². The number of rotatable bonds is 7. The van der Waals surface area contributed by atoms with Gasteiger partial charge >= 0.3 is 0 Å². The number of benzene rings is 2. The normalized spacial score (nSPS) is 15.5. The van der Waals surface area contributed by atoms with Crippen molar-refractivity contribution in [3.63, 3.8) is 0 Å². The van der Waals surface area contributed by atoms with Gasteiger partial charge in [0.2, 0.25) is 0 Å². The molecule has 1 aliphatic heterocycles. The zero-order chi connectivity index (χ0) is 29.6. The molecule has 0 unspecified atom stereocenters.